The Labute approximate surface area is 213 Å². The van der Waals surface area contributed by atoms with Crippen molar-refractivity contribution in [2.75, 3.05) is 32.7 Å². The van der Waals surface area contributed by atoms with Crippen molar-refractivity contribution in [2.45, 2.75) is 57.3 Å². The highest BCUT2D eigenvalue weighted by molar-refractivity contribution is 5.88. The van der Waals surface area contributed by atoms with Crippen LogP contribution in [0.4, 0.5) is 4.39 Å². The second kappa shape index (κ2) is 11.9. The number of carbonyl (C=O) groups is 1. The van der Waals surface area contributed by atoms with Crippen LogP contribution in [0.2, 0.25) is 0 Å². The van der Waals surface area contributed by atoms with Crippen LogP contribution in [0.15, 0.2) is 72.2 Å². The predicted octanol–water partition coefficient (Wildman–Crippen LogP) is 6.03. The van der Waals surface area contributed by atoms with Crippen LogP contribution in [-0.2, 0) is 14.3 Å². The van der Waals surface area contributed by atoms with Gasteiger partial charge in [0.2, 0.25) is 5.88 Å². The molecule has 36 heavy (non-hydrogen) atoms. The Balaban J connectivity index is 1.15. The van der Waals surface area contributed by atoms with Crippen LogP contribution in [0.25, 0.3) is 0 Å². The van der Waals surface area contributed by atoms with E-state index in [-0.39, 0.29) is 23.4 Å². The van der Waals surface area contributed by atoms with Gasteiger partial charge in [-0.3, -0.25) is 9.69 Å². The monoisotopic (exact) mass is 492 g/mol. The zero-order valence-electron chi connectivity index (χ0n) is 21.0. The van der Waals surface area contributed by atoms with Crippen LogP contribution in [-0.4, -0.2) is 48.3 Å². The highest BCUT2D eigenvalue weighted by Crippen LogP contribution is 2.33. The topological polar surface area (TPSA) is 42.0 Å². The maximum Gasteiger partial charge on any atom is 0.231 e. The highest BCUT2D eigenvalue weighted by Gasteiger charge is 2.31. The number of hydrogen-bond donors (Lipinski definition) is 0. The first kappa shape index (κ1) is 24.8. The summed E-state index contributed by atoms with van der Waals surface area (Å²) in [6.07, 6.45) is 17.7. The molecule has 2 aliphatic carbocycles. The minimum Gasteiger partial charge on any atom is -0.456 e. The fraction of sp³-hybridized carbons (Fsp3) is 0.500. The average Bonchev–Trinajstić information content (AvgIpc) is 2.95. The Bertz CT molecular complexity index is 1050. The van der Waals surface area contributed by atoms with Gasteiger partial charge in [-0.15, -0.1) is 0 Å². The molecule has 1 saturated carbocycles. The molecule has 4 aliphatic rings. The molecule has 1 aromatic carbocycles. The first-order chi connectivity index (χ1) is 17.7. The molecule has 5 rings (SSSR count). The lowest BCUT2D eigenvalue weighted by atomic mass is 9.78. The summed E-state index contributed by atoms with van der Waals surface area (Å²) in [5, 5.41) is 0. The van der Waals surface area contributed by atoms with Crippen molar-refractivity contribution in [1.29, 1.82) is 0 Å². The van der Waals surface area contributed by atoms with E-state index in [1.807, 2.05) is 6.07 Å². The normalized spacial score (nSPS) is 22.1. The molecule has 0 N–H and O–H groups in total. The molecule has 2 aliphatic heterocycles. The molecule has 1 saturated heterocycles. The number of Topliss-reactive ketones (excluding diaryl/α,β-unsaturated/α-hetero) is 1. The summed E-state index contributed by atoms with van der Waals surface area (Å²) in [5.74, 6) is 1.21. The van der Waals surface area contributed by atoms with E-state index in [2.05, 4.69) is 28.0 Å². The molecule has 0 aromatic heterocycles. The average molecular weight is 493 g/mol. The van der Waals surface area contributed by atoms with E-state index in [4.69, 9.17) is 9.47 Å². The fourth-order valence-corrected chi connectivity index (χ4v) is 5.78. The van der Waals surface area contributed by atoms with Crippen LogP contribution in [0.5, 0.6) is 0 Å². The van der Waals surface area contributed by atoms with Crippen molar-refractivity contribution in [2.24, 2.45) is 5.92 Å². The smallest absolute Gasteiger partial charge is 0.231 e. The van der Waals surface area contributed by atoms with Crippen molar-refractivity contribution >= 4 is 5.78 Å². The molecule has 192 valence electrons. The lowest BCUT2D eigenvalue weighted by molar-refractivity contribution is -0.125. The fourth-order valence-electron chi connectivity index (χ4n) is 5.78. The van der Waals surface area contributed by atoms with Crippen LogP contribution < -0.4 is 0 Å². The standard InChI is InChI=1S/C30H37FN2O3/c31-27-14-8-7-13-25(27)26(30(34)24-11-5-2-6-12-24)15-16-32-17-19-33(20-18-32)29-22-35-28(21-36-29)23-9-3-1-4-10-23/h1,3,7-9,13-14,21-22,24,26H,2,4-6,10-12,15-20H2. The third-order valence-electron chi connectivity index (χ3n) is 7.95. The summed E-state index contributed by atoms with van der Waals surface area (Å²) in [6.45, 7) is 4.17. The quantitative estimate of drug-likeness (QED) is 0.443. The zero-order valence-corrected chi connectivity index (χ0v) is 21.0. The van der Waals surface area contributed by atoms with Gasteiger partial charge in [0.05, 0.1) is 0 Å². The number of allylic oxidation sites excluding steroid dienone is 4. The van der Waals surface area contributed by atoms with Crippen LogP contribution in [0.1, 0.15) is 62.8 Å². The molecule has 2 heterocycles. The molecular formula is C30H37FN2O3. The second-order valence-corrected chi connectivity index (χ2v) is 10.3. The van der Waals surface area contributed by atoms with Gasteiger partial charge in [-0.25, -0.2) is 4.39 Å². The van der Waals surface area contributed by atoms with Crippen molar-refractivity contribution in [3.8, 4) is 0 Å². The van der Waals surface area contributed by atoms with E-state index in [1.54, 1.807) is 24.7 Å². The van der Waals surface area contributed by atoms with Gasteiger partial charge < -0.3 is 14.4 Å². The van der Waals surface area contributed by atoms with Crippen molar-refractivity contribution < 1.29 is 18.7 Å². The number of halogens is 1. The van der Waals surface area contributed by atoms with E-state index in [0.717, 1.165) is 88.5 Å². The van der Waals surface area contributed by atoms with E-state index in [1.165, 1.54) is 12.5 Å². The van der Waals surface area contributed by atoms with Crippen molar-refractivity contribution in [3.63, 3.8) is 0 Å². The molecule has 0 bridgehead atoms. The number of nitrogens with zero attached hydrogens (tertiary/aromatic N) is 2. The lowest BCUT2D eigenvalue weighted by Crippen LogP contribution is -2.46. The van der Waals surface area contributed by atoms with E-state index in [0.29, 0.717) is 12.0 Å². The summed E-state index contributed by atoms with van der Waals surface area (Å²) in [6, 6.07) is 6.83. The molecule has 0 spiro atoms. The van der Waals surface area contributed by atoms with Crippen LogP contribution >= 0.6 is 0 Å². The SMILES string of the molecule is O=C(C1CCCCC1)C(CCN1CCN(C2=COC(C3=CC=CCC3)=CO2)CC1)c1ccccc1F. The van der Waals surface area contributed by atoms with Crippen LogP contribution in [0, 0.1) is 11.7 Å². The van der Waals surface area contributed by atoms with E-state index < -0.39 is 0 Å². The lowest BCUT2D eigenvalue weighted by Gasteiger charge is -2.37. The van der Waals surface area contributed by atoms with Gasteiger partial charge in [0.1, 0.15) is 17.9 Å². The maximum atomic E-state index is 14.7. The van der Waals surface area contributed by atoms with Gasteiger partial charge in [-0.1, -0.05) is 55.7 Å². The zero-order chi connectivity index (χ0) is 24.7. The number of rotatable bonds is 8. The Morgan fingerprint density at radius 1 is 1.03 bits per heavy atom. The van der Waals surface area contributed by atoms with Gasteiger partial charge in [0.15, 0.2) is 12.0 Å². The number of carbonyl (C=O) groups excluding carboxylic acids is 1. The third kappa shape index (κ3) is 5.92. The maximum absolute atomic E-state index is 14.7. The van der Waals surface area contributed by atoms with Crippen LogP contribution in [0.3, 0.4) is 0 Å². The van der Waals surface area contributed by atoms with Crippen molar-refractivity contribution in [3.05, 3.63) is 83.6 Å². The number of ether oxygens (including phenoxy) is 2. The minimum atomic E-state index is -0.363. The number of hydrogen-bond acceptors (Lipinski definition) is 5. The molecule has 1 unspecified atom stereocenters. The van der Waals surface area contributed by atoms with E-state index >= 15 is 0 Å². The summed E-state index contributed by atoms with van der Waals surface area (Å²) >= 11 is 0. The largest absolute Gasteiger partial charge is 0.456 e. The molecule has 0 radical (unpaired) electrons. The first-order valence-electron chi connectivity index (χ1n) is 13.5. The Morgan fingerprint density at radius 3 is 2.53 bits per heavy atom. The van der Waals surface area contributed by atoms with Crippen molar-refractivity contribution in [1.82, 2.24) is 9.80 Å². The first-order valence-corrected chi connectivity index (χ1v) is 13.5. The van der Waals surface area contributed by atoms with E-state index in [9.17, 15) is 9.18 Å². The molecule has 6 heteroatoms. The summed E-state index contributed by atoms with van der Waals surface area (Å²) < 4.78 is 26.5. The number of piperazine rings is 1. The number of benzene rings is 1. The molecule has 1 aromatic rings. The second-order valence-electron chi connectivity index (χ2n) is 10.3. The Hall–Kier alpha value is -2.86. The third-order valence-corrected chi connectivity index (χ3v) is 7.95. The Kier molecular flexibility index (Phi) is 8.22. The van der Waals surface area contributed by atoms with Gasteiger partial charge in [0, 0.05) is 38.0 Å². The summed E-state index contributed by atoms with van der Waals surface area (Å²) in [4.78, 5) is 18.1. The Morgan fingerprint density at radius 2 is 1.83 bits per heavy atom. The predicted molar refractivity (Wildman–Crippen MR) is 138 cm³/mol. The minimum absolute atomic E-state index is 0.0777. The number of ketones is 1. The highest BCUT2D eigenvalue weighted by atomic mass is 19.1. The molecule has 5 nitrogen and oxygen atoms in total. The van der Waals surface area contributed by atoms with Gasteiger partial charge in [-0.2, -0.15) is 0 Å². The molecule has 0 amide bonds. The molecular weight excluding hydrogens is 455 g/mol. The summed E-state index contributed by atoms with van der Waals surface area (Å²) in [5.41, 5.74) is 1.72. The van der Waals surface area contributed by atoms with Gasteiger partial charge in [0.25, 0.3) is 0 Å². The van der Waals surface area contributed by atoms with Gasteiger partial charge in [-0.05, 0) is 55.9 Å². The summed E-state index contributed by atoms with van der Waals surface area (Å²) in [7, 11) is 0. The molecule has 2 fully saturated rings. The molecule has 1 atom stereocenters. The van der Waals surface area contributed by atoms with Gasteiger partial charge >= 0.3 is 0 Å².